The molecule has 0 spiro atoms. The molecular formula is C15H14N4. The van der Waals surface area contributed by atoms with E-state index in [0.29, 0.717) is 11.6 Å². The Morgan fingerprint density at radius 3 is 2.74 bits per heavy atom. The monoisotopic (exact) mass is 250 g/mol. The molecule has 2 aromatic heterocycles. The van der Waals surface area contributed by atoms with Crippen molar-refractivity contribution in [1.29, 1.82) is 0 Å². The quantitative estimate of drug-likeness (QED) is 0.721. The van der Waals surface area contributed by atoms with Gasteiger partial charge in [0.05, 0.1) is 5.69 Å². The average Bonchev–Trinajstić information content (AvgIpc) is 2.42. The van der Waals surface area contributed by atoms with E-state index in [1.165, 1.54) is 0 Å². The predicted molar refractivity (Wildman–Crippen MR) is 76.7 cm³/mol. The van der Waals surface area contributed by atoms with Crippen molar-refractivity contribution in [2.24, 2.45) is 0 Å². The van der Waals surface area contributed by atoms with Crippen molar-refractivity contribution in [2.45, 2.75) is 13.8 Å². The van der Waals surface area contributed by atoms with Gasteiger partial charge in [0.15, 0.2) is 0 Å². The highest BCUT2D eigenvalue weighted by Crippen LogP contribution is 2.30. The van der Waals surface area contributed by atoms with Gasteiger partial charge in [0, 0.05) is 28.9 Å². The van der Waals surface area contributed by atoms with E-state index in [0.717, 1.165) is 27.6 Å². The third kappa shape index (κ3) is 1.91. The maximum atomic E-state index is 5.94. The van der Waals surface area contributed by atoms with Gasteiger partial charge in [-0.15, -0.1) is 0 Å². The molecule has 0 bridgehead atoms. The number of anilines is 1. The van der Waals surface area contributed by atoms with Gasteiger partial charge in [-0.25, -0.2) is 9.97 Å². The molecule has 0 aliphatic heterocycles. The molecule has 0 aliphatic carbocycles. The summed E-state index contributed by atoms with van der Waals surface area (Å²) in [6.45, 7) is 3.79. The first kappa shape index (κ1) is 11.6. The topological polar surface area (TPSA) is 64.7 Å². The van der Waals surface area contributed by atoms with Crippen molar-refractivity contribution in [3.05, 3.63) is 48.0 Å². The van der Waals surface area contributed by atoms with Crippen LogP contribution in [0.4, 0.5) is 5.82 Å². The summed E-state index contributed by atoms with van der Waals surface area (Å²) in [5.41, 5.74) is 8.76. The van der Waals surface area contributed by atoms with Gasteiger partial charge in [0.25, 0.3) is 0 Å². The van der Waals surface area contributed by atoms with Crippen LogP contribution in [0, 0.1) is 13.8 Å². The second kappa shape index (κ2) is 4.31. The largest absolute Gasteiger partial charge is 0.383 e. The molecule has 2 heterocycles. The second-order valence-corrected chi connectivity index (χ2v) is 4.53. The molecular weight excluding hydrogens is 236 g/mol. The van der Waals surface area contributed by atoms with Crippen molar-refractivity contribution < 1.29 is 0 Å². The van der Waals surface area contributed by atoms with E-state index in [-0.39, 0.29) is 0 Å². The fraction of sp³-hybridized carbons (Fsp3) is 0.133. The van der Waals surface area contributed by atoms with Gasteiger partial charge in [-0.3, -0.25) is 4.98 Å². The van der Waals surface area contributed by atoms with Crippen LogP contribution in [-0.4, -0.2) is 15.0 Å². The smallest absolute Gasteiger partial charge is 0.130 e. The van der Waals surface area contributed by atoms with Gasteiger partial charge in [0.1, 0.15) is 11.6 Å². The Morgan fingerprint density at radius 1 is 1.05 bits per heavy atom. The van der Waals surface area contributed by atoms with Crippen LogP contribution in [0.3, 0.4) is 0 Å². The number of rotatable bonds is 1. The molecule has 3 rings (SSSR count). The maximum absolute atomic E-state index is 5.94. The van der Waals surface area contributed by atoms with Crippen molar-refractivity contribution in [1.82, 2.24) is 15.0 Å². The minimum absolute atomic E-state index is 0.531. The molecule has 19 heavy (non-hydrogen) atoms. The Bertz CT molecular complexity index is 760. The summed E-state index contributed by atoms with van der Waals surface area (Å²) in [4.78, 5) is 12.9. The van der Waals surface area contributed by atoms with Gasteiger partial charge in [-0.2, -0.15) is 0 Å². The first-order valence-electron chi connectivity index (χ1n) is 6.10. The molecule has 0 saturated carbocycles. The zero-order chi connectivity index (χ0) is 13.4. The van der Waals surface area contributed by atoms with Crippen molar-refractivity contribution in [3.63, 3.8) is 0 Å². The van der Waals surface area contributed by atoms with Crippen molar-refractivity contribution in [2.75, 3.05) is 5.73 Å². The first-order valence-corrected chi connectivity index (χ1v) is 6.10. The lowest BCUT2D eigenvalue weighted by atomic mass is 10.0. The van der Waals surface area contributed by atoms with E-state index in [1.807, 2.05) is 38.2 Å². The predicted octanol–water partition coefficient (Wildman–Crippen LogP) is 2.89. The number of pyridine rings is 1. The average molecular weight is 250 g/mol. The van der Waals surface area contributed by atoms with Gasteiger partial charge in [-0.05, 0) is 25.3 Å². The van der Waals surface area contributed by atoms with Crippen LogP contribution >= 0.6 is 0 Å². The van der Waals surface area contributed by atoms with Crippen LogP contribution in [0.25, 0.3) is 22.0 Å². The molecule has 0 fully saturated rings. The lowest BCUT2D eigenvalue weighted by Gasteiger charge is -2.10. The van der Waals surface area contributed by atoms with Gasteiger partial charge < -0.3 is 5.73 Å². The number of aryl methyl sites for hydroxylation is 1. The molecule has 0 aliphatic rings. The van der Waals surface area contributed by atoms with Gasteiger partial charge >= 0.3 is 0 Å². The Labute approximate surface area is 111 Å². The molecule has 2 N–H and O–H groups in total. The SMILES string of the molecule is Cc1nc(N)c(C)c(-c2cccc3ccncc23)n1. The molecule has 1 aromatic carbocycles. The summed E-state index contributed by atoms with van der Waals surface area (Å²) in [5, 5.41) is 2.22. The normalized spacial score (nSPS) is 10.8. The lowest BCUT2D eigenvalue weighted by molar-refractivity contribution is 1.05. The van der Waals surface area contributed by atoms with Gasteiger partial charge in [0.2, 0.25) is 0 Å². The fourth-order valence-electron chi connectivity index (χ4n) is 2.23. The second-order valence-electron chi connectivity index (χ2n) is 4.53. The number of nitrogens with zero attached hydrogens (tertiary/aromatic N) is 3. The first-order chi connectivity index (χ1) is 9.16. The number of aromatic nitrogens is 3. The minimum Gasteiger partial charge on any atom is -0.383 e. The van der Waals surface area contributed by atoms with Crippen molar-refractivity contribution >= 4 is 16.6 Å². The molecule has 0 radical (unpaired) electrons. The van der Waals surface area contributed by atoms with E-state index in [9.17, 15) is 0 Å². The van der Waals surface area contributed by atoms with E-state index in [4.69, 9.17) is 5.73 Å². The summed E-state index contributed by atoms with van der Waals surface area (Å²) in [6, 6.07) is 8.11. The Hall–Kier alpha value is -2.49. The number of fused-ring (bicyclic) bond motifs is 1. The summed E-state index contributed by atoms with van der Waals surface area (Å²) in [6.07, 6.45) is 3.65. The van der Waals surface area contributed by atoms with Crippen LogP contribution in [-0.2, 0) is 0 Å². The standard InChI is InChI=1S/C15H14N4/c1-9-14(18-10(2)19-15(9)16)12-5-3-4-11-6-7-17-8-13(11)12/h3-8H,1-2H3,(H2,16,18,19). The highest BCUT2D eigenvalue weighted by molar-refractivity contribution is 5.96. The fourth-order valence-corrected chi connectivity index (χ4v) is 2.23. The van der Waals surface area contributed by atoms with Crippen molar-refractivity contribution in [3.8, 4) is 11.3 Å². The van der Waals surface area contributed by atoms with E-state index in [1.54, 1.807) is 6.20 Å². The number of nitrogens with two attached hydrogens (primary N) is 1. The van der Waals surface area contributed by atoms with Gasteiger partial charge in [-0.1, -0.05) is 18.2 Å². The lowest BCUT2D eigenvalue weighted by Crippen LogP contribution is -2.02. The Balaban J connectivity index is 2.37. The minimum atomic E-state index is 0.531. The number of hydrogen-bond acceptors (Lipinski definition) is 4. The molecule has 4 heteroatoms. The van der Waals surface area contributed by atoms with E-state index >= 15 is 0 Å². The summed E-state index contributed by atoms with van der Waals surface area (Å²) in [7, 11) is 0. The summed E-state index contributed by atoms with van der Waals surface area (Å²) < 4.78 is 0. The molecule has 4 nitrogen and oxygen atoms in total. The molecule has 0 unspecified atom stereocenters. The maximum Gasteiger partial charge on any atom is 0.130 e. The highest BCUT2D eigenvalue weighted by Gasteiger charge is 2.11. The van der Waals surface area contributed by atoms with Crippen LogP contribution in [0.1, 0.15) is 11.4 Å². The van der Waals surface area contributed by atoms with Crippen LogP contribution < -0.4 is 5.73 Å². The highest BCUT2D eigenvalue weighted by atomic mass is 14.9. The zero-order valence-electron chi connectivity index (χ0n) is 10.9. The summed E-state index contributed by atoms with van der Waals surface area (Å²) in [5.74, 6) is 1.21. The van der Waals surface area contributed by atoms with Crippen LogP contribution in [0.15, 0.2) is 36.7 Å². The number of benzene rings is 1. The molecule has 0 amide bonds. The third-order valence-corrected chi connectivity index (χ3v) is 3.23. The number of nitrogen functional groups attached to an aromatic ring is 1. The van der Waals surface area contributed by atoms with E-state index in [2.05, 4.69) is 21.0 Å². The Kier molecular flexibility index (Phi) is 2.63. The zero-order valence-corrected chi connectivity index (χ0v) is 10.9. The number of hydrogen-bond donors (Lipinski definition) is 1. The molecule has 94 valence electrons. The van der Waals surface area contributed by atoms with E-state index < -0.39 is 0 Å². The molecule has 0 atom stereocenters. The third-order valence-electron chi connectivity index (χ3n) is 3.23. The molecule has 0 saturated heterocycles. The van der Waals surface area contributed by atoms with Crippen LogP contribution in [0.5, 0.6) is 0 Å². The van der Waals surface area contributed by atoms with Crippen LogP contribution in [0.2, 0.25) is 0 Å². The Morgan fingerprint density at radius 2 is 1.89 bits per heavy atom. The molecule has 3 aromatic rings. The summed E-state index contributed by atoms with van der Waals surface area (Å²) >= 11 is 0.